The lowest BCUT2D eigenvalue weighted by Gasteiger charge is -2.09. The van der Waals surface area contributed by atoms with Crippen LogP contribution in [0.15, 0.2) is 12.3 Å². The minimum Gasteiger partial charge on any atom is -0.478 e. The van der Waals surface area contributed by atoms with Gasteiger partial charge in [0, 0.05) is 40.7 Å². The molecule has 0 amide bonds. The first kappa shape index (κ1) is 13.6. The van der Waals surface area contributed by atoms with Crippen molar-refractivity contribution < 1.29 is 14.1 Å². The van der Waals surface area contributed by atoms with Crippen LogP contribution in [0, 0.1) is 6.92 Å². The number of pyridine rings is 1. The molecule has 0 saturated heterocycles. The van der Waals surface area contributed by atoms with Crippen molar-refractivity contribution in [2.75, 3.05) is 23.4 Å². The number of hydrogen-bond acceptors (Lipinski definition) is 4. The third-order valence-corrected chi connectivity index (χ3v) is 3.54. The first-order valence-corrected chi connectivity index (χ1v) is 6.82. The number of carboxylic acids is 1. The Morgan fingerprint density at radius 1 is 1.59 bits per heavy atom. The van der Waals surface area contributed by atoms with Crippen LogP contribution in [0.1, 0.15) is 23.0 Å². The molecule has 5 nitrogen and oxygen atoms in total. The van der Waals surface area contributed by atoms with Gasteiger partial charge in [-0.2, -0.15) is 0 Å². The largest absolute Gasteiger partial charge is 0.478 e. The molecular formula is C11H16N2O3S. The number of aromatic nitrogens is 1. The Morgan fingerprint density at radius 2 is 2.29 bits per heavy atom. The summed E-state index contributed by atoms with van der Waals surface area (Å²) in [5, 5.41) is 12.0. The highest BCUT2D eigenvalue weighted by molar-refractivity contribution is 7.84. The standard InChI is InChI=1S/C11H16N2O3S/c1-3-17(16)5-4-12-10-6-8(2)13-7-9(10)11(14)15/h6-7H,3-5H2,1-2H3,(H,12,13)(H,14,15). The maximum atomic E-state index is 11.2. The lowest BCUT2D eigenvalue weighted by atomic mass is 10.2. The smallest absolute Gasteiger partial charge is 0.339 e. The molecule has 1 aromatic heterocycles. The molecule has 2 N–H and O–H groups in total. The average Bonchev–Trinajstić information content (AvgIpc) is 2.28. The molecule has 1 heterocycles. The van der Waals surface area contributed by atoms with E-state index in [1.807, 2.05) is 6.92 Å². The van der Waals surface area contributed by atoms with Crippen molar-refractivity contribution in [3.63, 3.8) is 0 Å². The second kappa shape index (κ2) is 6.34. The van der Waals surface area contributed by atoms with Crippen LogP contribution < -0.4 is 5.32 Å². The van der Waals surface area contributed by atoms with Crippen molar-refractivity contribution in [2.45, 2.75) is 13.8 Å². The monoisotopic (exact) mass is 256 g/mol. The van der Waals surface area contributed by atoms with E-state index >= 15 is 0 Å². The van der Waals surface area contributed by atoms with Crippen LogP contribution in [-0.4, -0.2) is 38.3 Å². The average molecular weight is 256 g/mol. The van der Waals surface area contributed by atoms with Crippen molar-refractivity contribution in [2.24, 2.45) is 0 Å². The van der Waals surface area contributed by atoms with Gasteiger partial charge in [0.25, 0.3) is 0 Å². The van der Waals surface area contributed by atoms with Crippen LogP contribution >= 0.6 is 0 Å². The number of aryl methyl sites for hydroxylation is 1. The topological polar surface area (TPSA) is 79.3 Å². The van der Waals surface area contributed by atoms with Gasteiger partial charge < -0.3 is 10.4 Å². The normalized spacial score (nSPS) is 12.1. The number of carbonyl (C=O) groups is 1. The molecule has 94 valence electrons. The molecule has 0 bridgehead atoms. The Labute approximate surface area is 103 Å². The Kier molecular flexibility index (Phi) is 5.09. The van der Waals surface area contributed by atoms with Crippen molar-refractivity contribution in [3.8, 4) is 0 Å². The Hall–Kier alpha value is -1.43. The number of rotatable bonds is 6. The van der Waals surface area contributed by atoms with Gasteiger partial charge in [0.15, 0.2) is 0 Å². The molecule has 1 aromatic rings. The second-order valence-electron chi connectivity index (χ2n) is 3.54. The van der Waals surface area contributed by atoms with Gasteiger partial charge in [-0.05, 0) is 13.0 Å². The first-order valence-electron chi connectivity index (χ1n) is 5.33. The van der Waals surface area contributed by atoms with Gasteiger partial charge in [0.1, 0.15) is 5.56 Å². The van der Waals surface area contributed by atoms with Gasteiger partial charge in [0.2, 0.25) is 0 Å². The molecule has 1 rings (SSSR count). The maximum Gasteiger partial charge on any atom is 0.339 e. The van der Waals surface area contributed by atoms with E-state index in [0.29, 0.717) is 23.7 Å². The summed E-state index contributed by atoms with van der Waals surface area (Å²) in [6.07, 6.45) is 1.33. The summed E-state index contributed by atoms with van der Waals surface area (Å²) in [5.41, 5.74) is 1.41. The van der Waals surface area contributed by atoms with Gasteiger partial charge in [-0.15, -0.1) is 0 Å². The molecule has 0 radical (unpaired) electrons. The van der Waals surface area contributed by atoms with Gasteiger partial charge in [0.05, 0.1) is 5.69 Å². The van der Waals surface area contributed by atoms with Crippen molar-refractivity contribution in [1.82, 2.24) is 4.98 Å². The van der Waals surface area contributed by atoms with E-state index < -0.39 is 16.8 Å². The predicted octanol–water partition coefficient (Wildman–Crippen LogP) is 1.27. The highest BCUT2D eigenvalue weighted by Crippen LogP contribution is 2.15. The molecule has 0 aliphatic carbocycles. The molecule has 17 heavy (non-hydrogen) atoms. The molecule has 0 aliphatic heterocycles. The molecule has 0 saturated carbocycles. The Morgan fingerprint density at radius 3 is 2.88 bits per heavy atom. The van der Waals surface area contributed by atoms with Crippen molar-refractivity contribution in [3.05, 3.63) is 23.5 Å². The van der Waals surface area contributed by atoms with E-state index in [2.05, 4.69) is 10.3 Å². The zero-order valence-electron chi connectivity index (χ0n) is 9.90. The predicted molar refractivity (Wildman–Crippen MR) is 68.0 cm³/mol. The second-order valence-corrected chi connectivity index (χ2v) is 5.40. The van der Waals surface area contributed by atoms with Crippen molar-refractivity contribution in [1.29, 1.82) is 0 Å². The summed E-state index contributed by atoms with van der Waals surface area (Å²) in [5.74, 6) is 0.108. The minimum absolute atomic E-state index is 0.137. The zero-order valence-corrected chi connectivity index (χ0v) is 10.7. The molecule has 0 aromatic carbocycles. The van der Waals surface area contributed by atoms with Gasteiger partial charge >= 0.3 is 5.97 Å². The van der Waals surface area contributed by atoms with Crippen LogP contribution in [0.2, 0.25) is 0 Å². The molecule has 0 spiro atoms. The molecule has 6 heteroatoms. The van der Waals surface area contributed by atoms with E-state index in [0.717, 1.165) is 5.69 Å². The van der Waals surface area contributed by atoms with E-state index in [1.165, 1.54) is 6.20 Å². The van der Waals surface area contributed by atoms with Crippen molar-refractivity contribution >= 4 is 22.5 Å². The van der Waals surface area contributed by atoms with Gasteiger partial charge in [-0.1, -0.05) is 6.92 Å². The number of aromatic carboxylic acids is 1. The summed E-state index contributed by atoms with van der Waals surface area (Å²) < 4.78 is 11.2. The van der Waals surface area contributed by atoms with E-state index in [4.69, 9.17) is 5.11 Å². The highest BCUT2D eigenvalue weighted by atomic mass is 32.2. The number of carboxylic acid groups (broad SMARTS) is 1. The third-order valence-electron chi connectivity index (χ3n) is 2.24. The number of nitrogens with one attached hydrogen (secondary N) is 1. The lowest BCUT2D eigenvalue weighted by molar-refractivity contribution is 0.0697. The van der Waals surface area contributed by atoms with E-state index in [1.54, 1.807) is 13.0 Å². The molecular weight excluding hydrogens is 240 g/mol. The van der Waals surface area contributed by atoms with Gasteiger partial charge in [-0.25, -0.2) is 4.79 Å². The van der Waals surface area contributed by atoms with E-state index in [-0.39, 0.29) is 5.56 Å². The van der Waals surface area contributed by atoms with Gasteiger partial charge in [-0.3, -0.25) is 9.19 Å². The Bertz CT molecular complexity index is 435. The van der Waals surface area contributed by atoms with Crippen LogP contribution in [-0.2, 0) is 10.8 Å². The summed E-state index contributed by atoms with van der Waals surface area (Å²) in [6, 6.07) is 1.68. The quantitative estimate of drug-likeness (QED) is 0.801. The number of anilines is 1. The van der Waals surface area contributed by atoms with Crippen LogP contribution in [0.3, 0.4) is 0 Å². The van der Waals surface area contributed by atoms with Crippen LogP contribution in [0.4, 0.5) is 5.69 Å². The fourth-order valence-corrected chi connectivity index (χ4v) is 1.94. The summed E-state index contributed by atoms with van der Waals surface area (Å²) >= 11 is 0. The van der Waals surface area contributed by atoms with E-state index in [9.17, 15) is 9.00 Å². The van der Waals surface area contributed by atoms with Crippen LogP contribution in [0.25, 0.3) is 0 Å². The SMILES string of the molecule is CCS(=O)CCNc1cc(C)ncc1C(=O)O. The summed E-state index contributed by atoms with van der Waals surface area (Å²) in [7, 11) is -0.849. The summed E-state index contributed by atoms with van der Waals surface area (Å²) in [6.45, 7) is 4.14. The lowest BCUT2D eigenvalue weighted by Crippen LogP contribution is -2.14. The minimum atomic E-state index is -1.02. The zero-order chi connectivity index (χ0) is 12.8. The maximum absolute atomic E-state index is 11.2. The number of hydrogen-bond donors (Lipinski definition) is 2. The molecule has 0 aliphatic rings. The number of nitrogens with zero attached hydrogens (tertiary/aromatic N) is 1. The van der Waals surface area contributed by atoms with Crippen LogP contribution in [0.5, 0.6) is 0 Å². The third kappa shape index (κ3) is 4.14. The Balaban J connectivity index is 2.72. The fourth-order valence-electron chi connectivity index (χ4n) is 1.32. The molecule has 0 fully saturated rings. The summed E-state index contributed by atoms with van der Waals surface area (Å²) in [4.78, 5) is 14.9. The fraction of sp³-hybridized carbons (Fsp3) is 0.455. The highest BCUT2D eigenvalue weighted by Gasteiger charge is 2.10. The first-order chi connectivity index (χ1) is 8.04. The molecule has 1 atom stereocenters. The molecule has 1 unspecified atom stereocenters.